The minimum atomic E-state index is 0.0534. The van der Waals surface area contributed by atoms with Gasteiger partial charge in [-0.05, 0) is 6.42 Å². The summed E-state index contributed by atoms with van der Waals surface area (Å²) in [5.74, 6) is 0.445. The van der Waals surface area contributed by atoms with Crippen molar-refractivity contribution in [3.05, 3.63) is 22.3 Å². The summed E-state index contributed by atoms with van der Waals surface area (Å²) < 4.78 is 13.7. The van der Waals surface area contributed by atoms with Gasteiger partial charge in [-0.2, -0.15) is 0 Å². The Morgan fingerprint density at radius 3 is 2.87 bits per heavy atom. The quantitative estimate of drug-likeness (QED) is 0.606. The molecule has 0 spiro atoms. The molecular weight excluding hydrogens is 239 g/mol. The Bertz CT molecular complexity index is 375. The minimum absolute atomic E-state index is 0.0534. The van der Waals surface area contributed by atoms with Gasteiger partial charge >= 0.3 is 0 Å². The summed E-state index contributed by atoms with van der Waals surface area (Å²) in [5.41, 5.74) is 1.00. The fourth-order valence-electron chi connectivity index (χ4n) is 1.24. The third kappa shape index (κ3) is 2.41. The lowest BCUT2D eigenvalue weighted by molar-refractivity contribution is 0.112. The highest BCUT2D eigenvalue weighted by Crippen LogP contribution is 2.30. The maximum absolute atomic E-state index is 12.4. The lowest BCUT2D eigenvalue weighted by Crippen LogP contribution is -2.10. The van der Waals surface area contributed by atoms with E-state index in [1.54, 1.807) is 7.05 Å². The Balaban J connectivity index is 3.30. The maximum Gasteiger partial charge on any atom is 0.166 e. The topological polar surface area (TPSA) is 33.2 Å². The number of hydrogen-bond acceptors (Lipinski definition) is 4. The normalized spacial score (nSPS) is 10.1. The molecule has 1 rings (SSSR count). The maximum atomic E-state index is 12.4. The molecule has 0 unspecified atom stereocenters. The predicted molar refractivity (Wildman–Crippen MR) is 61.1 cm³/mol. The second-order valence-corrected chi connectivity index (χ2v) is 3.93. The third-order valence-electron chi connectivity index (χ3n) is 2.00. The molecule has 1 heterocycles. The van der Waals surface area contributed by atoms with E-state index in [2.05, 4.69) is 4.98 Å². The first kappa shape index (κ1) is 12.3. The molecule has 0 saturated heterocycles. The van der Waals surface area contributed by atoms with E-state index < -0.39 is 0 Å². The van der Waals surface area contributed by atoms with E-state index >= 15 is 0 Å². The number of anilines is 1. The first-order valence-electron chi connectivity index (χ1n) is 4.30. The van der Waals surface area contributed by atoms with E-state index in [9.17, 15) is 8.68 Å². The summed E-state index contributed by atoms with van der Waals surface area (Å²) in [6, 6.07) is 0. The van der Waals surface area contributed by atoms with Crippen LogP contribution >= 0.6 is 23.9 Å². The number of nitrogens with zero attached hydrogens (tertiary/aromatic N) is 2. The summed E-state index contributed by atoms with van der Waals surface area (Å²) in [4.78, 5) is 14.6. The zero-order chi connectivity index (χ0) is 11.4. The van der Waals surface area contributed by atoms with Crippen LogP contribution in [0.5, 0.6) is 0 Å². The summed E-state index contributed by atoms with van der Waals surface area (Å²) in [7, 11) is 1.54. The van der Waals surface area contributed by atoms with Crippen molar-refractivity contribution in [1.29, 1.82) is 0 Å². The van der Waals surface area contributed by atoms with Gasteiger partial charge in [-0.15, -0.1) is 3.89 Å². The molecule has 0 atom stereocenters. The number of aromatic nitrogens is 1. The molecule has 0 aliphatic carbocycles. The smallest absolute Gasteiger partial charge is 0.166 e. The number of pyridine rings is 1. The van der Waals surface area contributed by atoms with Crippen LogP contribution in [0, 0.1) is 0 Å². The number of aldehydes is 1. The van der Waals surface area contributed by atoms with Gasteiger partial charge in [0.1, 0.15) is 5.82 Å². The molecule has 0 fully saturated rings. The van der Waals surface area contributed by atoms with Crippen LogP contribution in [0.1, 0.15) is 22.8 Å². The highest BCUT2D eigenvalue weighted by atomic mass is 35.5. The number of carbonyl (C=O) groups is 1. The molecule has 0 aliphatic heterocycles. The first-order chi connectivity index (χ1) is 7.15. The molecule has 0 bridgehead atoms. The summed E-state index contributed by atoms with van der Waals surface area (Å²) in [6.07, 6.45) is 2.57. The van der Waals surface area contributed by atoms with Gasteiger partial charge in [0.25, 0.3) is 0 Å². The van der Waals surface area contributed by atoms with Gasteiger partial charge < -0.3 is 0 Å². The molecule has 0 amide bonds. The SMILES string of the molecule is CCc1c(N(C)SF)ncc(C=O)c1Cl. The fourth-order valence-corrected chi connectivity index (χ4v) is 1.77. The zero-order valence-corrected chi connectivity index (χ0v) is 9.90. The summed E-state index contributed by atoms with van der Waals surface area (Å²) >= 11 is 6.04. The Morgan fingerprint density at radius 2 is 2.40 bits per heavy atom. The fraction of sp³-hybridized carbons (Fsp3) is 0.333. The van der Waals surface area contributed by atoms with Crippen LogP contribution in [0.3, 0.4) is 0 Å². The van der Waals surface area contributed by atoms with Crippen LogP contribution in [0.2, 0.25) is 5.02 Å². The van der Waals surface area contributed by atoms with E-state index in [1.165, 1.54) is 10.5 Å². The van der Waals surface area contributed by atoms with E-state index in [0.29, 0.717) is 34.7 Å². The average molecular weight is 249 g/mol. The van der Waals surface area contributed by atoms with Crippen LogP contribution in [-0.2, 0) is 6.42 Å². The minimum Gasteiger partial charge on any atom is -0.298 e. The number of halogens is 2. The molecule has 0 N–H and O–H groups in total. The molecule has 0 radical (unpaired) electrons. The van der Waals surface area contributed by atoms with Gasteiger partial charge in [0.2, 0.25) is 0 Å². The van der Waals surface area contributed by atoms with Gasteiger partial charge in [0, 0.05) is 18.8 Å². The van der Waals surface area contributed by atoms with Crippen molar-refractivity contribution in [3.63, 3.8) is 0 Å². The Morgan fingerprint density at radius 1 is 1.73 bits per heavy atom. The van der Waals surface area contributed by atoms with Crippen molar-refractivity contribution in [1.82, 2.24) is 4.98 Å². The molecule has 15 heavy (non-hydrogen) atoms. The van der Waals surface area contributed by atoms with E-state index in [1.807, 2.05) is 6.92 Å². The van der Waals surface area contributed by atoms with Crippen molar-refractivity contribution in [3.8, 4) is 0 Å². The zero-order valence-electron chi connectivity index (χ0n) is 8.33. The molecule has 6 heteroatoms. The molecule has 1 aromatic heterocycles. The molecular formula is C9H10ClFN2OS. The van der Waals surface area contributed by atoms with Crippen LogP contribution in [0.15, 0.2) is 6.20 Å². The highest BCUT2D eigenvalue weighted by molar-refractivity contribution is 7.95. The third-order valence-corrected chi connectivity index (χ3v) is 2.82. The van der Waals surface area contributed by atoms with E-state index in [-0.39, 0.29) is 12.3 Å². The molecule has 3 nitrogen and oxygen atoms in total. The Labute approximate surface area is 97.1 Å². The van der Waals surface area contributed by atoms with Crippen molar-refractivity contribution < 1.29 is 8.68 Å². The first-order valence-corrected chi connectivity index (χ1v) is 5.35. The summed E-state index contributed by atoms with van der Waals surface area (Å²) in [6.45, 7) is 1.87. The van der Waals surface area contributed by atoms with Crippen LogP contribution in [-0.4, -0.2) is 18.3 Å². The standard InChI is InChI=1S/C9H10ClFN2OS/c1-3-7-8(10)6(5-14)4-12-9(7)13(2)15-11/h4-5H,3H2,1-2H3. The van der Waals surface area contributed by atoms with Crippen LogP contribution in [0.25, 0.3) is 0 Å². The molecule has 0 saturated carbocycles. The molecule has 0 aromatic carbocycles. The van der Waals surface area contributed by atoms with Crippen LogP contribution in [0.4, 0.5) is 9.70 Å². The second-order valence-electron chi connectivity index (χ2n) is 2.87. The lowest BCUT2D eigenvalue weighted by Gasteiger charge is -2.16. The van der Waals surface area contributed by atoms with Crippen molar-refractivity contribution in [2.45, 2.75) is 13.3 Å². The predicted octanol–water partition coefficient (Wildman–Crippen LogP) is 3.08. The lowest BCUT2D eigenvalue weighted by atomic mass is 10.1. The van der Waals surface area contributed by atoms with Gasteiger partial charge in [0.05, 0.1) is 10.6 Å². The molecule has 0 aliphatic rings. The molecule has 82 valence electrons. The Kier molecular flexibility index (Phi) is 4.35. The highest BCUT2D eigenvalue weighted by Gasteiger charge is 2.15. The van der Waals surface area contributed by atoms with Gasteiger partial charge in [-0.3, -0.25) is 9.10 Å². The van der Waals surface area contributed by atoms with Crippen molar-refractivity contribution in [2.75, 3.05) is 11.4 Å². The van der Waals surface area contributed by atoms with E-state index in [0.717, 1.165) is 0 Å². The number of rotatable bonds is 4. The second kappa shape index (κ2) is 5.32. The average Bonchev–Trinajstić information content (AvgIpc) is 2.27. The number of hydrogen-bond donors (Lipinski definition) is 0. The largest absolute Gasteiger partial charge is 0.298 e. The van der Waals surface area contributed by atoms with Crippen molar-refractivity contribution >= 4 is 36.0 Å². The summed E-state index contributed by atoms with van der Waals surface area (Å²) in [5, 5.41) is 0.346. The van der Waals surface area contributed by atoms with Gasteiger partial charge in [0.15, 0.2) is 18.6 Å². The van der Waals surface area contributed by atoms with Crippen LogP contribution < -0.4 is 4.31 Å². The number of carbonyl (C=O) groups excluding carboxylic acids is 1. The van der Waals surface area contributed by atoms with Crippen molar-refractivity contribution in [2.24, 2.45) is 0 Å². The monoisotopic (exact) mass is 248 g/mol. The van der Waals surface area contributed by atoms with Gasteiger partial charge in [-0.25, -0.2) is 4.98 Å². The van der Waals surface area contributed by atoms with E-state index in [4.69, 9.17) is 11.6 Å². The Hall–Kier alpha value is -0.810. The molecule has 1 aromatic rings. The van der Waals surface area contributed by atoms with Gasteiger partial charge in [-0.1, -0.05) is 18.5 Å².